The number of halogens is 2. The van der Waals surface area contributed by atoms with Gasteiger partial charge in [0.2, 0.25) is 0 Å². The molecule has 3 rings (SSSR count). The third-order valence-corrected chi connectivity index (χ3v) is 4.39. The molecule has 2 unspecified atom stereocenters. The standard InChI is InChI=1S/C15H14BrFN2/c16-12-5-1-4-10(13(12)17)14(18)11-7-6-9-3-2-8-19-15(9)11/h1-5,8,11,14H,6-7,18H2. The van der Waals surface area contributed by atoms with Crippen LogP contribution in [0.25, 0.3) is 0 Å². The maximum absolute atomic E-state index is 14.1. The molecule has 2 atom stereocenters. The average Bonchev–Trinajstić information content (AvgIpc) is 2.85. The molecule has 0 amide bonds. The zero-order chi connectivity index (χ0) is 13.4. The molecule has 0 radical (unpaired) electrons. The van der Waals surface area contributed by atoms with E-state index in [9.17, 15) is 4.39 Å². The Morgan fingerprint density at radius 3 is 3.00 bits per heavy atom. The summed E-state index contributed by atoms with van der Waals surface area (Å²) in [4.78, 5) is 4.43. The molecule has 2 N–H and O–H groups in total. The second-order valence-electron chi connectivity index (χ2n) is 4.86. The molecule has 2 nitrogen and oxygen atoms in total. The van der Waals surface area contributed by atoms with Crippen molar-refractivity contribution in [2.75, 3.05) is 0 Å². The van der Waals surface area contributed by atoms with Gasteiger partial charge >= 0.3 is 0 Å². The Hall–Kier alpha value is -1.26. The summed E-state index contributed by atoms with van der Waals surface area (Å²) in [6.45, 7) is 0. The maximum Gasteiger partial charge on any atom is 0.142 e. The number of nitrogens with zero attached hydrogens (tertiary/aromatic N) is 1. The molecule has 1 heterocycles. The first kappa shape index (κ1) is 12.8. The van der Waals surface area contributed by atoms with E-state index in [-0.39, 0.29) is 17.8 Å². The SMILES string of the molecule is NC(c1cccc(Br)c1F)C1CCc2cccnc21. The van der Waals surface area contributed by atoms with Crippen LogP contribution in [0.3, 0.4) is 0 Å². The van der Waals surface area contributed by atoms with Crippen LogP contribution in [0.4, 0.5) is 4.39 Å². The van der Waals surface area contributed by atoms with Crippen LogP contribution in [0.15, 0.2) is 41.0 Å². The van der Waals surface area contributed by atoms with Crippen LogP contribution in [-0.4, -0.2) is 4.98 Å². The van der Waals surface area contributed by atoms with Crippen molar-refractivity contribution in [2.24, 2.45) is 5.73 Å². The lowest BCUT2D eigenvalue weighted by molar-refractivity contribution is 0.505. The van der Waals surface area contributed by atoms with Gasteiger partial charge in [-0.25, -0.2) is 4.39 Å². The Labute approximate surface area is 120 Å². The van der Waals surface area contributed by atoms with E-state index in [1.165, 1.54) is 5.56 Å². The van der Waals surface area contributed by atoms with Crippen molar-refractivity contribution in [1.29, 1.82) is 0 Å². The van der Waals surface area contributed by atoms with Crippen molar-refractivity contribution in [3.8, 4) is 0 Å². The number of nitrogens with two attached hydrogens (primary N) is 1. The zero-order valence-corrected chi connectivity index (χ0v) is 11.9. The van der Waals surface area contributed by atoms with E-state index in [0.29, 0.717) is 10.0 Å². The summed E-state index contributed by atoms with van der Waals surface area (Å²) in [7, 11) is 0. The van der Waals surface area contributed by atoms with Gasteiger partial charge in [-0.1, -0.05) is 18.2 Å². The van der Waals surface area contributed by atoms with Gasteiger partial charge in [-0.3, -0.25) is 4.98 Å². The largest absolute Gasteiger partial charge is 0.323 e. The summed E-state index contributed by atoms with van der Waals surface area (Å²) in [5.41, 5.74) is 9.09. The number of fused-ring (bicyclic) bond motifs is 1. The van der Waals surface area contributed by atoms with Gasteiger partial charge in [0.25, 0.3) is 0 Å². The lowest BCUT2D eigenvalue weighted by Gasteiger charge is -2.20. The Kier molecular flexibility index (Phi) is 3.37. The van der Waals surface area contributed by atoms with Crippen LogP contribution in [0, 0.1) is 5.82 Å². The summed E-state index contributed by atoms with van der Waals surface area (Å²) >= 11 is 3.21. The van der Waals surface area contributed by atoms with Crippen molar-refractivity contribution in [1.82, 2.24) is 4.98 Å². The molecule has 1 aliphatic carbocycles. The van der Waals surface area contributed by atoms with E-state index in [1.54, 1.807) is 18.3 Å². The highest BCUT2D eigenvalue weighted by Crippen LogP contribution is 2.40. The summed E-state index contributed by atoms with van der Waals surface area (Å²) in [6.07, 6.45) is 3.68. The number of pyridine rings is 1. The minimum atomic E-state index is -0.353. The lowest BCUT2D eigenvalue weighted by atomic mass is 9.91. The predicted molar refractivity (Wildman–Crippen MR) is 76.3 cm³/mol. The molecular weight excluding hydrogens is 307 g/mol. The van der Waals surface area contributed by atoms with Crippen molar-refractivity contribution in [2.45, 2.75) is 24.8 Å². The van der Waals surface area contributed by atoms with Crippen LogP contribution >= 0.6 is 15.9 Å². The smallest absolute Gasteiger partial charge is 0.142 e. The van der Waals surface area contributed by atoms with Crippen LogP contribution < -0.4 is 5.73 Å². The van der Waals surface area contributed by atoms with Gasteiger partial charge in [-0.05, 0) is 46.5 Å². The Bertz CT molecular complexity index is 615. The second-order valence-corrected chi connectivity index (χ2v) is 5.72. The summed E-state index contributed by atoms with van der Waals surface area (Å²) in [5.74, 6) is -0.167. The van der Waals surface area contributed by atoms with Crippen LogP contribution in [-0.2, 0) is 6.42 Å². The molecule has 19 heavy (non-hydrogen) atoms. The highest BCUT2D eigenvalue weighted by atomic mass is 79.9. The van der Waals surface area contributed by atoms with Gasteiger partial charge in [0.1, 0.15) is 5.82 Å². The van der Waals surface area contributed by atoms with E-state index in [1.807, 2.05) is 12.1 Å². The summed E-state index contributed by atoms with van der Waals surface area (Å²) < 4.78 is 14.6. The lowest BCUT2D eigenvalue weighted by Crippen LogP contribution is -2.20. The number of hydrogen-bond acceptors (Lipinski definition) is 2. The minimum Gasteiger partial charge on any atom is -0.323 e. The maximum atomic E-state index is 14.1. The Morgan fingerprint density at radius 1 is 1.32 bits per heavy atom. The predicted octanol–water partition coefficient (Wildman–Crippen LogP) is 3.71. The number of aryl methyl sites for hydroxylation is 1. The fraction of sp³-hybridized carbons (Fsp3) is 0.267. The molecule has 1 aromatic heterocycles. The fourth-order valence-electron chi connectivity index (χ4n) is 2.79. The second kappa shape index (κ2) is 5.02. The van der Waals surface area contributed by atoms with Gasteiger partial charge in [0.05, 0.1) is 4.47 Å². The number of hydrogen-bond donors (Lipinski definition) is 1. The third-order valence-electron chi connectivity index (χ3n) is 3.78. The van der Waals surface area contributed by atoms with Crippen molar-refractivity contribution in [3.05, 3.63) is 63.6 Å². The number of benzene rings is 1. The molecule has 2 aromatic rings. The highest BCUT2D eigenvalue weighted by molar-refractivity contribution is 9.10. The van der Waals surface area contributed by atoms with Crippen LogP contribution in [0.5, 0.6) is 0 Å². The van der Waals surface area contributed by atoms with E-state index in [4.69, 9.17) is 5.73 Å². The fourth-order valence-corrected chi connectivity index (χ4v) is 3.17. The van der Waals surface area contributed by atoms with Crippen LogP contribution in [0.2, 0.25) is 0 Å². The Balaban J connectivity index is 1.98. The molecule has 0 aliphatic heterocycles. The highest BCUT2D eigenvalue weighted by Gasteiger charge is 2.31. The molecule has 0 spiro atoms. The van der Waals surface area contributed by atoms with E-state index >= 15 is 0 Å². The molecule has 0 bridgehead atoms. The minimum absolute atomic E-state index is 0.0972. The molecule has 0 saturated heterocycles. The van der Waals surface area contributed by atoms with Gasteiger partial charge in [0, 0.05) is 29.4 Å². The van der Waals surface area contributed by atoms with E-state index in [0.717, 1.165) is 18.5 Å². The molecular formula is C15H14BrFN2. The number of aromatic nitrogens is 1. The quantitative estimate of drug-likeness (QED) is 0.916. The molecule has 98 valence electrons. The third kappa shape index (κ3) is 2.19. The van der Waals surface area contributed by atoms with Crippen molar-refractivity contribution >= 4 is 15.9 Å². The van der Waals surface area contributed by atoms with Gasteiger partial charge < -0.3 is 5.73 Å². The van der Waals surface area contributed by atoms with Gasteiger partial charge in [0.15, 0.2) is 0 Å². The first-order valence-electron chi connectivity index (χ1n) is 6.31. The average molecular weight is 321 g/mol. The molecule has 1 aromatic carbocycles. The van der Waals surface area contributed by atoms with E-state index in [2.05, 4.69) is 27.0 Å². The topological polar surface area (TPSA) is 38.9 Å². The summed E-state index contributed by atoms with van der Waals surface area (Å²) in [6, 6.07) is 8.92. The normalized spacial score (nSPS) is 19.2. The number of rotatable bonds is 2. The Morgan fingerprint density at radius 2 is 2.16 bits per heavy atom. The molecule has 1 aliphatic rings. The van der Waals surface area contributed by atoms with Gasteiger partial charge in [-0.15, -0.1) is 0 Å². The van der Waals surface area contributed by atoms with E-state index < -0.39 is 0 Å². The zero-order valence-electron chi connectivity index (χ0n) is 10.3. The molecule has 0 fully saturated rings. The molecule has 4 heteroatoms. The monoisotopic (exact) mass is 320 g/mol. The van der Waals surface area contributed by atoms with Gasteiger partial charge in [-0.2, -0.15) is 0 Å². The first-order valence-corrected chi connectivity index (χ1v) is 7.11. The first-order chi connectivity index (χ1) is 9.18. The van der Waals surface area contributed by atoms with Crippen LogP contribution in [0.1, 0.15) is 35.2 Å². The van der Waals surface area contributed by atoms with Crippen molar-refractivity contribution < 1.29 is 4.39 Å². The summed E-state index contributed by atoms with van der Waals surface area (Å²) in [5, 5.41) is 0. The van der Waals surface area contributed by atoms with Crippen molar-refractivity contribution in [3.63, 3.8) is 0 Å². The molecule has 0 saturated carbocycles.